The largest absolute Gasteiger partial charge is 0.474 e. The van der Waals surface area contributed by atoms with Gasteiger partial charge in [-0.2, -0.15) is 4.98 Å². The van der Waals surface area contributed by atoms with Crippen LogP contribution >= 0.6 is 0 Å². The summed E-state index contributed by atoms with van der Waals surface area (Å²) in [5.74, 6) is 4.10. The molecule has 4 heteroatoms. The number of ether oxygens (including phenoxy) is 1. The van der Waals surface area contributed by atoms with Crippen LogP contribution in [0.1, 0.15) is 57.7 Å². The van der Waals surface area contributed by atoms with E-state index in [4.69, 9.17) is 10.5 Å². The van der Waals surface area contributed by atoms with Crippen molar-refractivity contribution in [2.75, 3.05) is 5.73 Å². The summed E-state index contributed by atoms with van der Waals surface area (Å²) < 4.78 is 6.04. The standard InChI is InChI=1S/C15H23N3O/c1-9-3-6-12(7-10(9)2)19-14-8-13(16)17-15(18-14)11-4-5-11/h8-12H,3-7H2,1-2H3,(H2,16,17,18). The van der Waals surface area contributed by atoms with Gasteiger partial charge in [-0.1, -0.05) is 13.8 Å². The predicted octanol–water partition coefficient (Wildman–Crippen LogP) is 3.14. The van der Waals surface area contributed by atoms with E-state index in [2.05, 4.69) is 23.8 Å². The number of nitrogen functional groups attached to an aromatic ring is 1. The van der Waals surface area contributed by atoms with Crippen LogP contribution in [0.5, 0.6) is 5.88 Å². The Morgan fingerprint density at radius 3 is 2.58 bits per heavy atom. The third kappa shape index (κ3) is 2.99. The van der Waals surface area contributed by atoms with Gasteiger partial charge in [0.1, 0.15) is 17.7 Å². The summed E-state index contributed by atoms with van der Waals surface area (Å²) in [7, 11) is 0. The van der Waals surface area contributed by atoms with E-state index >= 15 is 0 Å². The van der Waals surface area contributed by atoms with Crippen molar-refractivity contribution in [3.05, 3.63) is 11.9 Å². The van der Waals surface area contributed by atoms with Gasteiger partial charge in [-0.05, 0) is 43.9 Å². The van der Waals surface area contributed by atoms with Gasteiger partial charge in [0, 0.05) is 12.0 Å². The highest BCUT2D eigenvalue weighted by molar-refractivity contribution is 5.34. The van der Waals surface area contributed by atoms with Gasteiger partial charge in [-0.25, -0.2) is 4.98 Å². The van der Waals surface area contributed by atoms with E-state index in [1.807, 2.05) is 0 Å². The Balaban J connectivity index is 1.69. The Morgan fingerprint density at radius 1 is 1.11 bits per heavy atom. The number of nitrogens with zero attached hydrogens (tertiary/aromatic N) is 2. The molecule has 0 spiro atoms. The molecule has 4 nitrogen and oxygen atoms in total. The van der Waals surface area contributed by atoms with Crippen molar-refractivity contribution < 1.29 is 4.74 Å². The van der Waals surface area contributed by atoms with Crippen LogP contribution in [-0.2, 0) is 0 Å². The summed E-state index contributed by atoms with van der Waals surface area (Å²) in [6, 6.07) is 1.76. The number of hydrogen-bond donors (Lipinski definition) is 1. The molecule has 0 aliphatic heterocycles. The number of nitrogens with two attached hydrogens (primary N) is 1. The van der Waals surface area contributed by atoms with Gasteiger partial charge >= 0.3 is 0 Å². The Labute approximate surface area is 114 Å². The molecule has 2 aliphatic rings. The fourth-order valence-corrected chi connectivity index (χ4v) is 2.82. The Hall–Kier alpha value is -1.32. The summed E-state index contributed by atoms with van der Waals surface area (Å²) in [4.78, 5) is 8.82. The highest BCUT2D eigenvalue weighted by atomic mass is 16.5. The van der Waals surface area contributed by atoms with Gasteiger partial charge in [0.25, 0.3) is 0 Å². The van der Waals surface area contributed by atoms with E-state index in [0.29, 0.717) is 17.6 Å². The van der Waals surface area contributed by atoms with E-state index in [-0.39, 0.29) is 6.10 Å². The fraction of sp³-hybridized carbons (Fsp3) is 0.733. The third-order valence-electron chi connectivity index (χ3n) is 4.52. The Bertz CT molecular complexity index is 459. The van der Waals surface area contributed by atoms with Crippen LogP contribution in [0.2, 0.25) is 0 Å². The maximum absolute atomic E-state index is 6.04. The van der Waals surface area contributed by atoms with E-state index in [0.717, 1.165) is 30.5 Å². The smallest absolute Gasteiger partial charge is 0.219 e. The maximum Gasteiger partial charge on any atom is 0.219 e. The average Bonchev–Trinajstić information content (AvgIpc) is 3.17. The molecule has 104 valence electrons. The highest BCUT2D eigenvalue weighted by Crippen LogP contribution is 2.39. The summed E-state index contributed by atoms with van der Waals surface area (Å²) in [6.45, 7) is 4.64. The first-order valence-electron chi connectivity index (χ1n) is 7.43. The molecular formula is C15H23N3O. The van der Waals surface area contributed by atoms with E-state index < -0.39 is 0 Å². The zero-order valence-corrected chi connectivity index (χ0v) is 11.8. The second kappa shape index (κ2) is 4.99. The van der Waals surface area contributed by atoms with Crippen molar-refractivity contribution in [1.82, 2.24) is 9.97 Å². The summed E-state index contributed by atoms with van der Waals surface area (Å²) in [5, 5.41) is 0. The lowest BCUT2D eigenvalue weighted by molar-refractivity contribution is 0.0962. The van der Waals surface area contributed by atoms with Crippen LogP contribution in [0.3, 0.4) is 0 Å². The summed E-state index contributed by atoms with van der Waals surface area (Å²) in [5.41, 5.74) is 5.85. The number of aromatic nitrogens is 2. The van der Waals surface area contributed by atoms with Gasteiger partial charge < -0.3 is 10.5 Å². The molecule has 3 atom stereocenters. The molecule has 3 unspecified atom stereocenters. The van der Waals surface area contributed by atoms with Crippen LogP contribution in [0.25, 0.3) is 0 Å². The van der Waals surface area contributed by atoms with Crippen molar-refractivity contribution in [3.63, 3.8) is 0 Å². The number of anilines is 1. The van der Waals surface area contributed by atoms with Crippen molar-refractivity contribution in [2.45, 2.75) is 58.0 Å². The summed E-state index contributed by atoms with van der Waals surface area (Å²) in [6.07, 6.45) is 6.12. The van der Waals surface area contributed by atoms with E-state index in [1.165, 1.54) is 19.3 Å². The quantitative estimate of drug-likeness (QED) is 0.908. The zero-order chi connectivity index (χ0) is 13.4. The molecule has 2 N–H and O–H groups in total. The minimum atomic E-state index is 0.285. The normalized spacial score (nSPS) is 31.2. The first kappa shape index (κ1) is 12.7. The summed E-state index contributed by atoms with van der Waals surface area (Å²) >= 11 is 0. The number of hydrogen-bond acceptors (Lipinski definition) is 4. The van der Waals surface area contributed by atoms with E-state index in [1.54, 1.807) is 6.07 Å². The molecule has 0 aromatic carbocycles. The molecular weight excluding hydrogens is 238 g/mol. The fourth-order valence-electron chi connectivity index (χ4n) is 2.82. The first-order valence-corrected chi connectivity index (χ1v) is 7.43. The molecule has 1 aromatic heterocycles. The van der Waals surface area contributed by atoms with Crippen LogP contribution in [0, 0.1) is 11.8 Å². The third-order valence-corrected chi connectivity index (χ3v) is 4.52. The van der Waals surface area contributed by atoms with Crippen molar-refractivity contribution in [3.8, 4) is 5.88 Å². The van der Waals surface area contributed by atoms with Crippen LogP contribution < -0.4 is 10.5 Å². The SMILES string of the molecule is CC1CCC(Oc2cc(N)nc(C3CC3)n2)CC1C. The van der Waals surface area contributed by atoms with Crippen LogP contribution in [-0.4, -0.2) is 16.1 Å². The number of rotatable bonds is 3. The van der Waals surface area contributed by atoms with Gasteiger partial charge in [-0.3, -0.25) is 0 Å². The van der Waals surface area contributed by atoms with Crippen molar-refractivity contribution in [1.29, 1.82) is 0 Å². The molecule has 1 heterocycles. The molecule has 19 heavy (non-hydrogen) atoms. The molecule has 0 saturated heterocycles. The lowest BCUT2D eigenvalue weighted by Crippen LogP contribution is -2.29. The zero-order valence-electron chi connectivity index (χ0n) is 11.8. The van der Waals surface area contributed by atoms with Crippen LogP contribution in [0.15, 0.2) is 6.07 Å². The lowest BCUT2D eigenvalue weighted by Gasteiger charge is -2.31. The predicted molar refractivity (Wildman–Crippen MR) is 75.0 cm³/mol. The van der Waals surface area contributed by atoms with Crippen molar-refractivity contribution in [2.24, 2.45) is 11.8 Å². The first-order chi connectivity index (χ1) is 9.11. The molecule has 0 radical (unpaired) electrons. The lowest BCUT2D eigenvalue weighted by atomic mass is 9.80. The minimum Gasteiger partial charge on any atom is -0.474 e. The average molecular weight is 261 g/mol. The highest BCUT2D eigenvalue weighted by Gasteiger charge is 2.29. The van der Waals surface area contributed by atoms with E-state index in [9.17, 15) is 0 Å². The minimum absolute atomic E-state index is 0.285. The molecule has 2 aliphatic carbocycles. The van der Waals surface area contributed by atoms with Gasteiger partial charge in [0.05, 0.1) is 0 Å². The topological polar surface area (TPSA) is 61.0 Å². The Kier molecular flexibility index (Phi) is 3.33. The van der Waals surface area contributed by atoms with Gasteiger partial charge in [0.15, 0.2) is 0 Å². The van der Waals surface area contributed by atoms with Gasteiger partial charge in [0.2, 0.25) is 5.88 Å². The second-order valence-electron chi connectivity index (χ2n) is 6.27. The van der Waals surface area contributed by atoms with Gasteiger partial charge in [-0.15, -0.1) is 0 Å². The molecule has 3 rings (SSSR count). The Morgan fingerprint density at radius 2 is 1.89 bits per heavy atom. The molecule has 0 amide bonds. The van der Waals surface area contributed by atoms with Crippen molar-refractivity contribution >= 4 is 5.82 Å². The maximum atomic E-state index is 6.04. The molecule has 0 bridgehead atoms. The molecule has 1 aromatic rings. The molecule has 2 fully saturated rings. The van der Waals surface area contributed by atoms with Crippen LogP contribution in [0.4, 0.5) is 5.82 Å². The monoisotopic (exact) mass is 261 g/mol. The second-order valence-corrected chi connectivity index (χ2v) is 6.27. The molecule has 2 saturated carbocycles.